The Hall–Kier alpha value is -4.19. The number of halogens is 1. The highest BCUT2D eigenvalue weighted by molar-refractivity contribution is 6.30. The van der Waals surface area contributed by atoms with Crippen molar-refractivity contribution in [2.24, 2.45) is 0 Å². The molecule has 1 atom stereocenters. The summed E-state index contributed by atoms with van der Waals surface area (Å²) in [4.78, 5) is 31.4. The molecule has 1 fully saturated rings. The molecule has 1 aliphatic rings. The molecule has 3 aromatic carbocycles. The zero-order chi connectivity index (χ0) is 27.5. The monoisotopic (exact) mass is 540 g/mol. The number of benzene rings is 3. The van der Waals surface area contributed by atoms with Crippen molar-refractivity contribution in [1.82, 2.24) is 19.6 Å². The van der Waals surface area contributed by atoms with Gasteiger partial charge in [0.25, 0.3) is 0 Å². The van der Waals surface area contributed by atoms with Crippen LogP contribution in [0.3, 0.4) is 0 Å². The van der Waals surface area contributed by atoms with Crippen LogP contribution in [0.2, 0.25) is 5.02 Å². The van der Waals surface area contributed by atoms with E-state index >= 15 is 0 Å². The predicted octanol–water partition coefficient (Wildman–Crippen LogP) is 4.65. The molecule has 39 heavy (non-hydrogen) atoms. The van der Waals surface area contributed by atoms with Crippen LogP contribution in [0.4, 0.5) is 5.69 Å². The molecule has 2 heterocycles. The van der Waals surface area contributed by atoms with Crippen LogP contribution >= 0.6 is 11.6 Å². The Labute approximate surface area is 232 Å². The van der Waals surface area contributed by atoms with Gasteiger partial charge in [-0.2, -0.15) is 10.4 Å². The van der Waals surface area contributed by atoms with Crippen LogP contribution in [-0.4, -0.2) is 57.2 Å². The first-order valence-electron chi connectivity index (χ1n) is 12.9. The highest BCUT2D eigenvalue weighted by Crippen LogP contribution is 2.27. The Morgan fingerprint density at radius 1 is 1.10 bits per heavy atom. The zero-order valence-electron chi connectivity index (χ0n) is 21.9. The summed E-state index contributed by atoms with van der Waals surface area (Å²) in [7, 11) is 0. The van der Waals surface area contributed by atoms with E-state index in [-0.39, 0.29) is 24.5 Å². The molecule has 198 valence electrons. The van der Waals surface area contributed by atoms with Crippen molar-refractivity contribution in [3.8, 4) is 6.07 Å². The van der Waals surface area contributed by atoms with Crippen molar-refractivity contribution >= 4 is 40.0 Å². The van der Waals surface area contributed by atoms with E-state index in [1.165, 1.54) is 0 Å². The first-order chi connectivity index (χ1) is 18.9. The normalized spacial score (nSPS) is 15.9. The predicted molar refractivity (Wildman–Crippen MR) is 151 cm³/mol. The van der Waals surface area contributed by atoms with Crippen LogP contribution in [0, 0.1) is 11.3 Å². The maximum absolute atomic E-state index is 13.3. The summed E-state index contributed by atoms with van der Waals surface area (Å²) in [5.74, 6) is -0.0724. The molecule has 0 unspecified atom stereocenters. The summed E-state index contributed by atoms with van der Waals surface area (Å²) < 4.78 is 1.94. The lowest BCUT2D eigenvalue weighted by atomic mass is 10.1. The first-order valence-corrected chi connectivity index (χ1v) is 13.2. The number of anilines is 1. The summed E-state index contributed by atoms with van der Waals surface area (Å²) in [6.07, 6.45) is 1.56. The topological polar surface area (TPSA) is 85.5 Å². The van der Waals surface area contributed by atoms with Gasteiger partial charge in [0.2, 0.25) is 11.8 Å². The molecule has 1 saturated heterocycles. The Morgan fingerprint density at radius 2 is 1.87 bits per heavy atom. The number of likely N-dealkylation sites (N-methyl/N-ethyl adjacent to an activating group) is 1. The fraction of sp³-hybridized carbons (Fsp3) is 0.267. The standard InChI is InChI=1S/C30H29ClN6O2/c1-3-35(21(2)38)29-19-36(27-6-4-5-26(31)14-27)30(39)20-34(29)17-24-11-12-28-25(13-24)16-33-37(28)18-23-9-7-22(15-32)8-10-23/h4-14,16,29H,3,17-20H2,1-2H3/t29-/m0/s1. The number of nitriles is 1. The van der Waals surface area contributed by atoms with Gasteiger partial charge in [0.05, 0.1) is 43.0 Å². The van der Waals surface area contributed by atoms with E-state index in [9.17, 15) is 9.59 Å². The van der Waals surface area contributed by atoms with Crippen molar-refractivity contribution in [3.05, 3.63) is 94.6 Å². The molecule has 8 nitrogen and oxygen atoms in total. The van der Waals surface area contributed by atoms with Gasteiger partial charge in [-0.05, 0) is 60.5 Å². The van der Waals surface area contributed by atoms with Gasteiger partial charge in [0, 0.05) is 36.1 Å². The second kappa shape index (κ2) is 11.3. The number of fused-ring (bicyclic) bond motifs is 1. The smallest absolute Gasteiger partial charge is 0.241 e. The van der Waals surface area contributed by atoms with Crippen LogP contribution in [0.15, 0.2) is 72.9 Å². The first kappa shape index (κ1) is 26.4. The number of carbonyl (C=O) groups excluding carboxylic acids is 2. The molecule has 0 aliphatic carbocycles. The van der Waals surface area contributed by atoms with E-state index in [1.54, 1.807) is 28.9 Å². The van der Waals surface area contributed by atoms with Gasteiger partial charge in [-0.1, -0.05) is 35.9 Å². The minimum absolute atomic E-state index is 0.0348. The van der Waals surface area contributed by atoms with Crippen LogP contribution in [0.1, 0.15) is 30.5 Å². The maximum atomic E-state index is 13.3. The van der Waals surface area contributed by atoms with Crippen molar-refractivity contribution in [3.63, 3.8) is 0 Å². The van der Waals surface area contributed by atoms with Gasteiger partial charge < -0.3 is 9.80 Å². The molecule has 4 aromatic rings. The van der Waals surface area contributed by atoms with Crippen LogP contribution in [0.5, 0.6) is 0 Å². The van der Waals surface area contributed by atoms with Crippen LogP contribution in [0.25, 0.3) is 10.9 Å². The molecule has 0 N–H and O–H groups in total. The number of hydrogen-bond acceptors (Lipinski definition) is 5. The Balaban J connectivity index is 1.38. The molecule has 2 amide bonds. The SMILES string of the molecule is CCN(C(C)=O)[C@H]1CN(c2cccc(Cl)c2)C(=O)CN1Cc1ccc2c(cnn2Cc2ccc(C#N)cc2)c1. The number of nitrogens with zero attached hydrogens (tertiary/aromatic N) is 6. The lowest BCUT2D eigenvalue weighted by Gasteiger charge is -2.45. The van der Waals surface area contributed by atoms with Gasteiger partial charge in [-0.25, -0.2) is 0 Å². The average molecular weight is 541 g/mol. The fourth-order valence-electron chi connectivity index (χ4n) is 5.19. The summed E-state index contributed by atoms with van der Waals surface area (Å²) in [6.45, 7) is 5.70. The summed E-state index contributed by atoms with van der Waals surface area (Å²) >= 11 is 6.20. The molecule has 0 saturated carbocycles. The summed E-state index contributed by atoms with van der Waals surface area (Å²) in [6, 6.07) is 23.1. The molecule has 0 radical (unpaired) electrons. The van der Waals surface area contributed by atoms with E-state index in [1.807, 2.05) is 66.3 Å². The molecular formula is C30H29ClN6O2. The van der Waals surface area contributed by atoms with Crippen LogP contribution < -0.4 is 4.90 Å². The number of aromatic nitrogens is 2. The fourth-order valence-corrected chi connectivity index (χ4v) is 5.38. The van der Waals surface area contributed by atoms with Crippen molar-refractivity contribution < 1.29 is 9.59 Å². The van der Waals surface area contributed by atoms with E-state index < -0.39 is 0 Å². The second-order valence-electron chi connectivity index (χ2n) is 9.68. The summed E-state index contributed by atoms with van der Waals surface area (Å²) in [5, 5.41) is 15.2. The molecule has 0 spiro atoms. The van der Waals surface area contributed by atoms with Gasteiger partial charge in [-0.15, -0.1) is 0 Å². The maximum Gasteiger partial charge on any atom is 0.241 e. The third kappa shape index (κ3) is 5.65. The van der Waals surface area contributed by atoms with E-state index in [0.29, 0.717) is 36.8 Å². The average Bonchev–Trinajstić information content (AvgIpc) is 3.32. The van der Waals surface area contributed by atoms with E-state index in [4.69, 9.17) is 16.9 Å². The minimum atomic E-state index is -0.279. The molecular weight excluding hydrogens is 512 g/mol. The second-order valence-corrected chi connectivity index (χ2v) is 10.1. The van der Waals surface area contributed by atoms with Gasteiger partial charge in [0.15, 0.2) is 0 Å². The highest BCUT2D eigenvalue weighted by Gasteiger charge is 2.37. The van der Waals surface area contributed by atoms with Gasteiger partial charge in [-0.3, -0.25) is 19.2 Å². The largest absolute Gasteiger partial charge is 0.326 e. The third-order valence-corrected chi connectivity index (χ3v) is 7.37. The highest BCUT2D eigenvalue weighted by atomic mass is 35.5. The molecule has 5 rings (SSSR count). The molecule has 0 bridgehead atoms. The van der Waals surface area contributed by atoms with E-state index in [0.717, 1.165) is 27.7 Å². The van der Waals surface area contributed by atoms with Crippen molar-refractivity contribution in [2.45, 2.75) is 33.1 Å². The zero-order valence-corrected chi connectivity index (χ0v) is 22.7. The van der Waals surface area contributed by atoms with Gasteiger partial charge >= 0.3 is 0 Å². The quantitative estimate of drug-likeness (QED) is 0.340. The van der Waals surface area contributed by atoms with Crippen LogP contribution in [-0.2, 0) is 22.7 Å². The Bertz CT molecular complexity index is 1560. The number of carbonyl (C=O) groups is 2. The Kier molecular flexibility index (Phi) is 7.64. The number of piperazine rings is 1. The third-order valence-electron chi connectivity index (χ3n) is 7.14. The molecule has 1 aromatic heterocycles. The molecule has 1 aliphatic heterocycles. The summed E-state index contributed by atoms with van der Waals surface area (Å²) in [5.41, 5.74) is 4.46. The Morgan fingerprint density at radius 3 is 2.56 bits per heavy atom. The minimum Gasteiger partial charge on any atom is -0.326 e. The number of rotatable bonds is 7. The number of amides is 2. The van der Waals surface area contributed by atoms with Gasteiger partial charge in [0.1, 0.15) is 6.17 Å². The molecule has 9 heteroatoms. The van der Waals surface area contributed by atoms with E-state index in [2.05, 4.69) is 22.1 Å². The lowest BCUT2D eigenvalue weighted by Crippen LogP contribution is -2.63. The van der Waals surface area contributed by atoms with Crippen molar-refractivity contribution in [2.75, 3.05) is 24.5 Å². The van der Waals surface area contributed by atoms with Crippen molar-refractivity contribution in [1.29, 1.82) is 5.26 Å². The number of hydrogen-bond donors (Lipinski definition) is 0. The lowest BCUT2D eigenvalue weighted by molar-refractivity contribution is -0.140.